The first-order valence-corrected chi connectivity index (χ1v) is 7.65. The summed E-state index contributed by atoms with van der Waals surface area (Å²) in [6.45, 7) is -0.00456. The van der Waals surface area contributed by atoms with Gasteiger partial charge in [-0.3, -0.25) is 0 Å². The summed E-state index contributed by atoms with van der Waals surface area (Å²) in [6, 6.07) is 13.2. The molecule has 1 unspecified atom stereocenters. The van der Waals surface area contributed by atoms with Gasteiger partial charge in [-0.15, -0.1) is 0 Å². The minimum absolute atomic E-state index is 0.00456. The van der Waals surface area contributed by atoms with E-state index in [1.807, 2.05) is 42.5 Å². The maximum atomic E-state index is 9.57. The Bertz CT molecular complexity index is 577. The number of anilines is 1. The molecule has 0 spiro atoms. The molecule has 0 heterocycles. The first-order chi connectivity index (χ1) is 9.11. The van der Waals surface area contributed by atoms with E-state index in [1.165, 1.54) is 0 Å². The van der Waals surface area contributed by atoms with E-state index >= 15 is 0 Å². The molecule has 0 saturated carbocycles. The van der Waals surface area contributed by atoms with Crippen LogP contribution in [0.1, 0.15) is 11.6 Å². The predicted molar refractivity (Wildman–Crippen MR) is 86.7 cm³/mol. The van der Waals surface area contributed by atoms with E-state index in [9.17, 15) is 5.11 Å². The van der Waals surface area contributed by atoms with E-state index < -0.39 is 0 Å². The Kier molecular flexibility index (Phi) is 5.28. The summed E-state index contributed by atoms with van der Waals surface area (Å²) in [4.78, 5) is 0. The van der Waals surface area contributed by atoms with Crippen LogP contribution in [0.15, 0.2) is 51.4 Å². The number of halogens is 3. The number of benzene rings is 2. The van der Waals surface area contributed by atoms with Crippen LogP contribution in [0, 0.1) is 0 Å². The monoisotopic (exact) mass is 403 g/mol. The first kappa shape index (κ1) is 14.9. The van der Waals surface area contributed by atoms with E-state index in [1.54, 1.807) is 0 Å². The third-order valence-corrected chi connectivity index (χ3v) is 4.64. The summed E-state index contributed by atoms with van der Waals surface area (Å²) >= 11 is 12.8. The molecule has 0 saturated heterocycles. The summed E-state index contributed by atoms with van der Waals surface area (Å²) in [7, 11) is 0. The van der Waals surface area contributed by atoms with Crippen LogP contribution in [0.5, 0.6) is 0 Å². The van der Waals surface area contributed by atoms with Crippen molar-refractivity contribution < 1.29 is 5.11 Å². The van der Waals surface area contributed by atoms with E-state index in [0.29, 0.717) is 5.02 Å². The van der Waals surface area contributed by atoms with E-state index in [0.717, 1.165) is 20.2 Å². The lowest BCUT2D eigenvalue weighted by Crippen LogP contribution is -2.15. The van der Waals surface area contributed by atoms with Crippen molar-refractivity contribution in [2.24, 2.45) is 0 Å². The summed E-state index contributed by atoms with van der Waals surface area (Å²) in [5.74, 6) is 0. The molecule has 2 aromatic rings. The Balaban J connectivity index is 2.25. The number of hydrogen-bond donors (Lipinski definition) is 2. The quantitative estimate of drug-likeness (QED) is 0.749. The van der Waals surface area contributed by atoms with Crippen LogP contribution >= 0.6 is 43.5 Å². The van der Waals surface area contributed by atoms with Crippen LogP contribution in [0.4, 0.5) is 5.69 Å². The zero-order chi connectivity index (χ0) is 13.8. The lowest BCUT2D eigenvalue weighted by atomic mass is 10.1. The lowest BCUT2D eigenvalue weighted by molar-refractivity contribution is 0.276. The van der Waals surface area contributed by atoms with Gasteiger partial charge in [0.25, 0.3) is 0 Å². The second-order valence-corrected chi connectivity index (χ2v) is 6.15. The molecule has 0 bridgehead atoms. The van der Waals surface area contributed by atoms with E-state index in [4.69, 9.17) is 11.6 Å². The predicted octanol–water partition coefficient (Wildman–Crippen LogP) is 5.01. The second kappa shape index (κ2) is 6.75. The van der Waals surface area contributed by atoms with Crippen LogP contribution in [0.2, 0.25) is 5.02 Å². The average Bonchev–Trinajstić information content (AvgIpc) is 2.41. The van der Waals surface area contributed by atoms with Gasteiger partial charge in [0.1, 0.15) is 0 Å². The molecule has 2 nitrogen and oxygen atoms in total. The molecule has 0 radical (unpaired) electrons. The van der Waals surface area contributed by atoms with Crippen LogP contribution in [-0.4, -0.2) is 11.7 Å². The zero-order valence-corrected chi connectivity index (χ0v) is 13.8. The molecule has 5 heteroatoms. The summed E-state index contributed by atoms with van der Waals surface area (Å²) in [5.41, 5.74) is 1.90. The topological polar surface area (TPSA) is 32.3 Å². The Morgan fingerprint density at radius 3 is 2.47 bits per heavy atom. The smallest absolute Gasteiger partial charge is 0.0745 e. The maximum absolute atomic E-state index is 9.57. The van der Waals surface area contributed by atoms with Gasteiger partial charge in [-0.05, 0) is 61.7 Å². The Hall–Kier alpha value is -0.550. The fraction of sp³-hybridized carbons (Fsp3) is 0.143. The molecule has 2 aromatic carbocycles. The second-order valence-electron chi connectivity index (χ2n) is 4.03. The number of nitrogens with one attached hydrogen (secondary N) is 1. The van der Waals surface area contributed by atoms with Gasteiger partial charge in [0.15, 0.2) is 0 Å². The molecule has 0 aromatic heterocycles. The van der Waals surface area contributed by atoms with Crippen molar-refractivity contribution in [1.29, 1.82) is 0 Å². The Labute approximate surface area is 134 Å². The summed E-state index contributed by atoms with van der Waals surface area (Å²) in [5, 5.41) is 13.5. The molecule has 19 heavy (non-hydrogen) atoms. The fourth-order valence-corrected chi connectivity index (χ4v) is 2.64. The van der Waals surface area contributed by atoms with Gasteiger partial charge >= 0.3 is 0 Å². The highest BCUT2D eigenvalue weighted by Gasteiger charge is 2.12. The van der Waals surface area contributed by atoms with Crippen molar-refractivity contribution >= 4 is 49.1 Å². The highest BCUT2D eigenvalue weighted by Crippen LogP contribution is 2.29. The molecule has 100 valence electrons. The number of hydrogen-bond acceptors (Lipinski definition) is 2. The van der Waals surface area contributed by atoms with Gasteiger partial charge in [0.05, 0.1) is 17.7 Å². The normalized spacial score (nSPS) is 12.2. The fourth-order valence-electron chi connectivity index (χ4n) is 1.73. The van der Waals surface area contributed by atoms with Crippen LogP contribution in [0.25, 0.3) is 0 Å². The molecule has 1 atom stereocenters. The third-order valence-electron chi connectivity index (χ3n) is 2.73. The average molecular weight is 406 g/mol. The molecule has 0 fully saturated rings. The molecule has 0 aliphatic carbocycles. The van der Waals surface area contributed by atoms with Crippen molar-refractivity contribution in [1.82, 2.24) is 0 Å². The largest absolute Gasteiger partial charge is 0.394 e. The van der Waals surface area contributed by atoms with Crippen molar-refractivity contribution in [3.63, 3.8) is 0 Å². The highest BCUT2D eigenvalue weighted by molar-refractivity contribution is 9.11. The molecule has 2 rings (SSSR count). The first-order valence-electron chi connectivity index (χ1n) is 5.68. The van der Waals surface area contributed by atoms with Crippen LogP contribution < -0.4 is 5.32 Å². The van der Waals surface area contributed by atoms with E-state index in [-0.39, 0.29) is 12.6 Å². The number of para-hydroxylation sites is 1. The minimum Gasteiger partial charge on any atom is -0.394 e. The molecule has 0 aliphatic heterocycles. The maximum Gasteiger partial charge on any atom is 0.0745 e. The SMILES string of the molecule is OCC(Nc1ccccc1Br)c1ccc(Cl)c(Br)c1. The Morgan fingerprint density at radius 1 is 1.11 bits per heavy atom. The summed E-state index contributed by atoms with van der Waals surface area (Å²) < 4.78 is 1.78. The zero-order valence-electron chi connectivity index (χ0n) is 9.91. The number of aliphatic hydroxyl groups excluding tert-OH is 1. The lowest BCUT2D eigenvalue weighted by Gasteiger charge is -2.19. The molecular weight excluding hydrogens is 393 g/mol. The molecular formula is C14H12Br2ClNO. The van der Waals surface area contributed by atoms with E-state index in [2.05, 4.69) is 37.2 Å². The third kappa shape index (κ3) is 3.72. The number of aliphatic hydroxyl groups is 1. The minimum atomic E-state index is -0.188. The van der Waals surface area contributed by atoms with Gasteiger partial charge in [-0.25, -0.2) is 0 Å². The molecule has 0 aliphatic rings. The highest BCUT2D eigenvalue weighted by atomic mass is 79.9. The molecule has 0 amide bonds. The number of rotatable bonds is 4. The van der Waals surface area contributed by atoms with Gasteiger partial charge in [-0.1, -0.05) is 29.8 Å². The van der Waals surface area contributed by atoms with Crippen LogP contribution in [0.3, 0.4) is 0 Å². The summed E-state index contributed by atoms with van der Waals surface area (Å²) in [6.07, 6.45) is 0. The van der Waals surface area contributed by atoms with Gasteiger partial charge in [0.2, 0.25) is 0 Å². The van der Waals surface area contributed by atoms with Gasteiger partial charge in [0, 0.05) is 14.6 Å². The van der Waals surface area contributed by atoms with Crippen LogP contribution in [-0.2, 0) is 0 Å². The standard InChI is InChI=1S/C14H12Br2ClNO/c15-10-3-1-2-4-13(10)18-14(8-19)9-5-6-12(17)11(16)7-9/h1-7,14,18-19H,8H2. The van der Waals surface area contributed by atoms with Crippen molar-refractivity contribution in [3.8, 4) is 0 Å². The molecule has 2 N–H and O–H groups in total. The van der Waals surface area contributed by atoms with Gasteiger partial charge < -0.3 is 10.4 Å². The van der Waals surface area contributed by atoms with Crippen molar-refractivity contribution in [3.05, 3.63) is 62.0 Å². The van der Waals surface area contributed by atoms with Crippen molar-refractivity contribution in [2.45, 2.75) is 6.04 Å². The Morgan fingerprint density at radius 2 is 1.84 bits per heavy atom. The van der Waals surface area contributed by atoms with Crippen molar-refractivity contribution in [2.75, 3.05) is 11.9 Å². The van der Waals surface area contributed by atoms with Gasteiger partial charge in [-0.2, -0.15) is 0 Å².